The number of hydrogen-bond donors (Lipinski definition) is 1. The molecule has 1 fully saturated rings. The summed E-state index contributed by atoms with van der Waals surface area (Å²) >= 11 is 5.99. The number of morpholine rings is 1. The molecule has 1 unspecified atom stereocenters. The third kappa shape index (κ3) is 4.10. The number of nitrogens with one attached hydrogen (secondary N) is 1. The monoisotopic (exact) mass is 298 g/mol. The number of halogens is 1. The summed E-state index contributed by atoms with van der Waals surface area (Å²) in [5, 5.41) is 3.49. The summed E-state index contributed by atoms with van der Waals surface area (Å²) in [6.07, 6.45) is -0.129. The van der Waals surface area contributed by atoms with Crippen LogP contribution in [0.4, 0.5) is 4.79 Å². The fourth-order valence-corrected chi connectivity index (χ4v) is 2.31. The molecule has 110 valence electrons. The number of hydrogen-bond acceptors (Lipinski definition) is 3. The van der Waals surface area contributed by atoms with Crippen molar-refractivity contribution in [1.29, 1.82) is 0 Å². The Kier molecular flexibility index (Phi) is 5.64. The van der Waals surface area contributed by atoms with Gasteiger partial charge in [-0.05, 0) is 17.7 Å². The molecule has 1 aliphatic rings. The topological polar surface area (TPSA) is 50.8 Å². The van der Waals surface area contributed by atoms with E-state index in [1.165, 1.54) is 0 Å². The van der Waals surface area contributed by atoms with Crippen LogP contribution in [0, 0.1) is 0 Å². The molecule has 1 aromatic carbocycles. The van der Waals surface area contributed by atoms with E-state index in [1.54, 1.807) is 12.0 Å². The zero-order valence-corrected chi connectivity index (χ0v) is 12.2. The lowest BCUT2D eigenvalue weighted by molar-refractivity contribution is -0.0155. The van der Waals surface area contributed by atoms with Crippen molar-refractivity contribution in [2.45, 2.75) is 6.10 Å². The summed E-state index contributed by atoms with van der Waals surface area (Å²) in [5.74, 6) is 0. The van der Waals surface area contributed by atoms with Crippen molar-refractivity contribution in [3.05, 3.63) is 34.9 Å². The second-order valence-electron chi connectivity index (χ2n) is 4.59. The molecule has 1 saturated heterocycles. The second kappa shape index (κ2) is 7.47. The zero-order chi connectivity index (χ0) is 14.4. The normalized spacial score (nSPS) is 18.9. The van der Waals surface area contributed by atoms with Crippen LogP contribution in [0.3, 0.4) is 0 Å². The lowest BCUT2D eigenvalue weighted by atomic mass is 10.1. The number of urea groups is 1. The van der Waals surface area contributed by atoms with E-state index in [1.807, 2.05) is 24.3 Å². The maximum absolute atomic E-state index is 12.0. The molecule has 0 saturated carbocycles. The highest BCUT2D eigenvalue weighted by Gasteiger charge is 2.25. The first-order valence-electron chi connectivity index (χ1n) is 6.59. The predicted octanol–water partition coefficient (Wildman–Crippen LogP) is 2.07. The molecule has 1 aliphatic heterocycles. The van der Waals surface area contributed by atoms with Crippen molar-refractivity contribution in [3.8, 4) is 0 Å². The van der Waals surface area contributed by atoms with Crippen molar-refractivity contribution in [1.82, 2.24) is 10.2 Å². The molecule has 1 atom stereocenters. The van der Waals surface area contributed by atoms with E-state index in [0.29, 0.717) is 37.9 Å². The van der Waals surface area contributed by atoms with E-state index < -0.39 is 0 Å². The van der Waals surface area contributed by atoms with E-state index in [-0.39, 0.29) is 12.1 Å². The Labute approximate surface area is 123 Å². The number of methoxy groups -OCH3 is 1. The standard InChI is InChI=1S/C14H19ClN2O3/c1-19-7-5-16-14(18)17-6-8-20-13(10-17)11-3-2-4-12(15)9-11/h2-4,9,13H,5-8,10H2,1H3,(H,16,18). The van der Waals surface area contributed by atoms with Gasteiger partial charge in [-0.1, -0.05) is 23.7 Å². The zero-order valence-electron chi connectivity index (χ0n) is 11.5. The molecule has 2 rings (SSSR count). The van der Waals surface area contributed by atoms with Gasteiger partial charge in [0.1, 0.15) is 6.10 Å². The van der Waals surface area contributed by atoms with E-state index in [9.17, 15) is 4.79 Å². The summed E-state index contributed by atoms with van der Waals surface area (Å²) < 4.78 is 10.6. The predicted molar refractivity (Wildman–Crippen MR) is 77.0 cm³/mol. The first kappa shape index (κ1) is 15.1. The van der Waals surface area contributed by atoms with Crippen LogP contribution in [0.1, 0.15) is 11.7 Å². The quantitative estimate of drug-likeness (QED) is 0.866. The third-order valence-electron chi connectivity index (χ3n) is 3.16. The SMILES string of the molecule is COCCNC(=O)N1CCOC(c2cccc(Cl)c2)C1. The van der Waals surface area contributed by atoms with E-state index >= 15 is 0 Å². The van der Waals surface area contributed by atoms with Gasteiger partial charge in [0.2, 0.25) is 0 Å². The van der Waals surface area contributed by atoms with Crippen LogP contribution in [0.2, 0.25) is 5.02 Å². The molecular formula is C14H19ClN2O3. The maximum Gasteiger partial charge on any atom is 0.317 e. The molecule has 2 amide bonds. The molecule has 0 radical (unpaired) electrons. The fraction of sp³-hybridized carbons (Fsp3) is 0.500. The molecule has 1 heterocycles. The van der Waals surface area contributed by atoms with Gasteiger partial charge in [0, 0.05) is 25.2 Å². The van der Waals surface area contributed by atoms with Crippen molar-refractivity contribution in [2.75, 3.05) is 40.0 Å². The van der Waals surface area contributed by atoms with Crippen molar-refractivity contribution >= 4 is 17.6 Å². The van der Waals surface area contributed by atoms with Gasteiger partial charge in [-0.25, -0.2) is 4.79 Å². The van der Waals surface area contributed by atoms with E-state index in [2.05, 4.69) is 5.32 Å². The van der Waals surface area contributed by atoms with Gasteiger partial charge in [-0.3, -0.25) is 0 Å². The highest BCUT2D eigenvalue weighted by Crippen LogP contribution is 2.24. The van der Waals surface area contributed by atoms with Crippen LogP contribution in [0.5, 0.6) is 0 Å². The lowest BCUT2D eigenvalue weighted by Gasteiger charge is -2.33. The van der Waals surface area contributed by atoms with E-state index in [0.717, 1.165) is 5.56 Å². The Hall–Kier alpha value is -1.30. The van der Waals surface area contributed by atoms with Gasteiger partial charge >= 0.3 is 6.03 Å². The molecule has 1 N–H and O–H groups in total. The van der Waals surface area contributed by atoms with E-state index in [4.69, 9.17) is 21.1 Å². The minimum Gasteiger partial charge on any atom is -0.383 e. The van der Waals surface area contributed by atoms with Gasteiger partial charge < -0.3 is 19.7 Å². The number of carbonyl (C=O) groups excluding carboxylic acids is 1. The first-order valence-corrected chi connectivity index (χ1v) is 6.97. The number of nitrogens with zero attached hydrogens (tertiary/aromatic N) is 1. The molecular weight excluding hydrogens is 280 g/mol. The summed E-state index contributed by atoms with van der Waals surface area (Å²) in [4.78, 5) is 13.7. The minimum atomic E-state index is -0.129. The number of benzene rings is 1. The molecule has 0 spiro atoms. The molecule has 0 aromatic heterocycles. The smallest absolute Gasteiger partial charge is 0.317 e. The van der Waals surface area contributed by atoms with Crippen LogP contribution in [0.25, 0.3) is 0 Å². The lowest BCUT2D eigenvalue weighted by Crippen LogP contribution is -2.47. The Balaban J connectivity index is 1.93. The highest BCUT2D eigenvalue weighted by molar-refractivity contribution is 6.30. The molecule has 6 heteroatoms. The second-order valence-corrected chi connectivity index (χ2v) is 5.02. The van der Waals surface area contributed by atoms with Crippen LogP contribution in [-0.2, 0) is 9.47 Å². The summed E-state index contributed by atoms with van der Waals surface area (Å²) in [6.45, 7) is 2.66. The Bertz CT molecular complexity index is 456. The Morgan fingerprint density at radius 3 is 3.20 bits per heavy atom. The fourth-order valence-electron chi connectivity index (χ4n) is 2.11. The summed E-state index contributed by atoms with van der Waals surface area (Å²) in [5.41, 5.74) is 0.992. The number of amides is 2. The molecule has 20 heavy (non-hydrogen) atoms. The summed E-state index contributed by atoms with van der Waals surface area (Å²) in [6, 6.07) is 7.46. The number of carbonyl (C=O) groups is 1. The maximum atomic E-state index is 12.0. The van der Waals surface area contributed by atoms with Gasteiger partial charge in [-0.2, -0.15) is 0 Å². The van der Waals surface area contributed by atoms with Crippen molar-refractivity contribution < 1.29 is 14.3 Å². The van der Waals surface area contributed by atoms with Gasteiger partial charge in [0.25, 0.3) is 0 Å². The highest BCUT2D eigenvalue weighted by atomic mass is 35.5. The van der Waals surface area contributed by atoms with Crippen LogP contribution >= 0.6 is 11.6 Å². The van der Waals surface area contributed by atoms with Crippen LogP contribution in [0.15, 0.2) is 24.3 Å². The number of ether oxygens (including phenoxy) is 2. The van der Waals surface area contributed by atoms with Crippen molar-refractivity contribution in [2.24, 2.45) is 0 Å². The van der Waals surface area contributed by atoms with Gasteiger partial charge in [0.15, 0.2) is 0 Å². The number of rotatable bonds is 4. The summed E-state index contributed by atoms with van der Waals surface area (Å²) in [7, 11) is 1.61. The average molecular weight is 299 g/mol. The third-order valence-corrected chi connectivity index (χ3v) is 3.39. The molecule has 1 aromatic rings. The Morgan fingerprint density at radius 2 is 2.45 bits per heavy atom. The van der Waals surface area contributed by atoms with Crippen LogP contribution < -0.4 is 5.32 Å². The molecule has 5 nitrogen and oxygen atoms in total. The minimum absolute atomic E-state index is 0.0858. The average Bonchev–Trinajstić information content (AvgIpc) is 2.47. The van der Waals surface area contributed by atoms with Crippen molar-refractivity contribution in [3.63, 3.8) is 0 Å². The molecule has 0 bridgehead atoms. The molecule has 0 aliphatic carbocycles. The van der Waals surface area contributed by atoms with Crippen LogP contribution in [-0.4, -0.2) is 50.9 Å². The van der Waals surface area contributed by atoms with Gasteiger partial charge in [-0.15, -0.1) is 0 Å². The van der Waals surface area contributed by atoms with Gasteiger partial charge in [0.05, 0.1) is 19.8 Å². The first-order chi connectivity index (χ1) is 9.70. The Morgan fingerprint density at radius 1 is 1.60 bits per heavy atom. The largest absolute Gasteiger partial charge is 0.383 e.